The van der Waals surface area contributed by atoms with Crippen molar-refractivity contribution in [2.24, 2.45) is 0 Å². The molecule has 1 amide bonds. The van der Waals surface area contributed by atoms with Crippen LogP contribution in [0.5, 0.6) is 11.5 Å². The summed E-state index contributed by atoms with van der Waals surface area (Å²) >= 11 is 0. The van der Waals surface area contributed by atoms with Crippen molar-refractivity contribution >= 4 is 6.09 Å². The Kier molecular flexibility index (Phi) is 4.81. The minimum atomic E-state index is -0.501. The first-order chi connectivity index (χ1) is 10.3. The molecular formula is C16H24N2O4. The summed E-state index contributed by atoms with van der Waals surface area (Å²) in [6, 6.07) is 5.19. The molecule has 1 unspecified atom stereocenters. The second kappa shape index (κ2) is 6.44. The van der Waals surface area contributed by atoms with E-state index in [9.17, 15) is 9.90 Å². The van der Waals surface area contributed by atoms with Gasteiger partial charge in [-0.2, -0.15) is 0 Å². The zero-order valence-electron chi connectivity index (χ0n) is 13.5. The highest BCUT2D eigenvalue weighted by Gasteiger charge is 2.28. The third-order valence-corrected chi connectivity index (χ3v) is 3.43. The summed E-state index contributed by atoms with van der Waals surface area (Å²) in [6.45, 7) is 7.39. The summed E-state index contributed by atoms with van der Waals surface area (Å²) in [7, 11) is 1.51. The van der Waals surface area contributed by atoms with Gasteiger partial charge in [-0.3, -0.25) is 0 Å². The number of rotatable bonds is 2. The fourth-order valence-electron chi connectivity index (χ4n) is 2.38. The first kappa shape index (κ1) is 16.4. The average Bonchev–Trinajstić information content (AvgIpc) is 2.46. The maximum absolute atomic E-state index is 12.2. The van der Waals surface area contributed by atoms with Gasteiger partial charge in [-0.25, -0.2) is 4.79 Å². The summed E-state index contributed by atoms with van der Waals surface area (Å²) in [5.41, 5.74) is 0.460. The van der Waals surface area contributed by atoms with Gasteiger partial charge in [-0.05, 0) is 38.5 Å². The molecule has 0 radical (unpaired) electrons. The van der Waals surface area contributed by atoms with Crippen LogP contribution in [-0.2, 0) is 4.74 Å². The number of nitrogens with zero attached hydrogens (tertiary/aromatic N) is 1. The van der Waals surface area contributed by atoms with Gasteiger partial charge in [0, 0.05) is 19.6 Å². The highest BCUT2D eigenvalue weighted by atomic mass is 16.6. The summed E-state index contributed by atoms with van der Waals surface area (Å²) in [4.78, 5) is 13.9. The molecule has 6 nitrogen and oxygen atoms in total. The van der Waals surface area contributed by atoms with Gasteiger partial charge in [0.05, 0.1) is 13.2 Å². The van der Waals surface area contributed by atoms with E-state index in [4.69, 9.17) is 9.47 Å². The molecule has 1 aromatic rings. The standard InChI is InChI=1S/C16H24N2O4/c1-16(2,3)22-15(20)18-8-7-17-12(10-18)11-5-6-13(19)14(9-11)21-4/h5-6,9,12,17,19H,7-8,10H2,1-4H3. The van der Waals surface area contributed by atoms with E-state index in [1.54, 1.807) is 17.0 Å². The summed E-state index contributed by atoms with van der Waals surface area (Å²) < 4.78 is 10.6. The number of amides is 1. The number of ether oxygens (including phenoxy) is 2. The number of methoxy groups -OCH3 is 1. The van der Waals surface area contributed by atoms with Crippen molar-refractivity contribution in [2.45, 2.75) is 32.4 Å². The number of carbonyl (C=O) groups is 1. The number of hydrogen-bond acceptors (Lipinski definition) is 5. The molecule has 6 heteroatoms. The van der Waals surface area contributed by atoms with Crippen LogP contribution in [0.4, 0.5) is 4.79 Å². The van der Waals surface area contributed by atoms with E-state index in [-0.39, 0.29) is 17.9 Å². The third kappa shape index (κ3) is 4.04. The lowest BCUT2D eigenvalue weighted by atomic mass is 10.0. The molecule has 2 N–H and O–H groups in total. The number of hydrogen-bond donors (Lipinski definition) is 2. The fraction of sp³-hybridized carbons (Fsp3) is 0.562. The molecule has 2 rings (SSSR count). The van der Waals surface area contributed by atoms with Gasteiger partial charge in [0.2, 0.25) is 0 Å². The normalized spacial score (nSPS) is 18.9. The van der Waals surface area contributed by atoms with Crippen molar-refractivity contribution < 1.29 is 19.4 Å². The van der Waals surface area contributed by atoms with E-state index in [2.05, 4.69) is 5.32 Å². The lowest BCUT2D eigenvalue weighted by Gasteiger charge is -2.35. The Hall–Kier alpha value is -1.95. The number of nitrogens with one attached hydrogen (secondary N) is 1. The highest BCUT2D eigenvalue weighted by molar-refractivity contribution is 5.68. The van der Waals surface area contributed by atoms with Crippen LogP contribution in [-0.4, -0.2) is 48.4 Å². The Bertz CT molecular complexity index is 539. The van der Waals surface area contributed by atoms with Gasteiger partial charge >= 0.3 is 6.09 Å². The predicted molar refractivity (Wildman–Crippen MR) is 83.2 cm³/mol. The molecule has 1 fully saturated rings. The molecule has 0 bridgehead atoms. The Morgan fingerprint density at radius 3 is 2.77 bits per heavy atom. The van der Waals surface area contributed by atoms with Crippen molar-refractivity contribution in [3.05, 3.63) is 23.8 Å². The molecule has 0 spiro atoms. The zero-order valence-corrected chi connectivity index (χ0v) is 13.5. The molecule has 1 atom stereocenters. The number of phenolic OH excluding ortho intramolecular Hbond substituents is 1. The van der Waals surface area contributed by atoms with Crippen LogP contribution in [0.2, 0.25) is 0 Å². The number of aromatic hydroxyl groups is 1. The number of piperazine rings is 1. The van der Waals surface area contributed by atoms with Crippen LogP contribution in [0.25, 0.3) is 0 Å². The van der Waals surface area contributed by atoms with Gasteiger partial charge in [0.15, 0.2) is 11.5 Å². The predicted octanol–water partition coefficient (Wildman–Crippen LogP) is 2.28. The smallest absolute Gasteiger partial charge is 0.410 e. The Labute approximate surface area is 131 Å². The molecule has 1 aliphatic heterocycles. The van der Waals surface area contributed by atoms with E-state index in [0.29, 0.717) is 25.4 Å². The van der Waals surface area contributed by atoms with Crippen molar-refractivity contribution in [3.8, 4) is 11.5 Å². The van der Waals surface area contributed by atoms with Gasteiger partial charge in [-0.15, -0.1) is 0 Å². The number of carbonyl (C=O) groups excluding carboxylic acids is 1. The van der Waals surface area contributed by atoms with Crippen molar-refractivity contribution in [1.29, 1.82) is 0 Å². The summed E-state index contributed by atoms with van der Waals surface area (Å²) in [5.74, 6) is 0.528. The van der Waals surface area contributed by atoms with E-state index in [0.717, 1.165) is 5.56 Å². The molecule has 0 aromatic heterocycles. The van der Waals surface area contributed by atoms with Crippen LogP contribution in [0.3, 0.4) is 0 Å². The highest BCUT2D eigenvalue weighted by Crippen LogP contribution is 2.30. The quantitative estimate of drug-likeness (QED) is 0.877. The van der Waals surface area contributed by atoms with Crippen molar-refractivity contribution in [2.75, 3.05) is 26.7 Å². The number of phenols is 1. The monoisotopic (exact) mass is 308 g/mol. The maximum Gasteiger partial charge on any atom is 0.410 e. The van der Waals surface area contributed by atoms with Gasteiger partial charge < -0.3 is 24.8 Å². The van der Waals surface area contributed by atoms with Crippen molar-refractivity contribution in [3.63, 3.8) is 0 Å². The second-order valence-electron chi connectivity index (χ2n) is 6.36. The first-order valence-corrected chi connectivity index (χ1v) is 7.38. The molecular weight excluding hydrogens is 284 g/mol. The van der Waals surface area contributed by atoms with E-state index in [1.807, 2.05) is 26.8 Å². The van der Waals surface area contributed by atoms with Gasteiger partial charge in [0.25, 0.3) is 0 Å². The molecule has 0 aliphatic carbocycles. The van der Waals surface area contributed by atoms with Crippen LogP contribution in [0, 0.1) is 0 Å². The van der Waals surface area contributed by atoms with Crippen LogP contribution >= 0.6 is 0 Å². The Morgan fingerprint density at radius 1 is 1.41 bits per heavy atom. The first-order valence-electron chi connectivity index (χ1n) is 7.38. The van der Waals surface area contributed by atoms with Gasteiger partial charge in [0.1, 0.15) is 5.60 Å². The topological polar surface area (TPSA) is 71.0 Å². The van der Waals surface area contributed by atoms with Crippen LogP contribution in [0.15, 0.2) is 18.2 Å². The molecule has 1 saturated heterocycles. The largest absolute Gasteiger partial charge is 0.504 e. The molecule has 22 heavy (non-hydrogen) atoms. The Balaban J connectivity index is 2.09. The minimum Gasteiger partial charge on any atom is -0.504 e. The molecule has 122 valence electrons. The molecule has 1 heterocycles. The summed E-state index contributed by atoms with van der Waals surface area (Å²) in [6.07, 6.45) is -0.301. The van der Waals surface area contributed by atoms with Crippen molar-refractivity contribution in [1.82, 2.24) is 10.2 Å². The zero-order chi connectivity index (χ0) is 16.3. The number of benzene rings is 1. The van der Waals surface area contributed by atoms with Crippen LogP contribution in [0.1, 0.15) is 32.4 Å². The molecule has 1 aliphatic rings. The molecule has 0 saturated carbocycles. The lowest BCUT2D eigenvalue weighted by molar-refractivity contribution is 0.0195. The maximum atomic E-state index is 12.2. The second-order valence-corrected chi connectivity index (χ2v) is 6.36. The SMILES string of the molecule is COc1cc(C2CN(C(=O)OC(C)(C)C)CCN2)ccc1O. The fourth-order valence-corrected chi connectivity index (χ4v) is 2.38. The Morgan fingerprint density at radius 2 is 2.14 bits per heavy atom. The lowest BCUT2D eigenvalue weighted by Crippen LogP contribution is -2.49. The van der Waals surface area contributed by atoms with Gasteiger partial charge in [-0.1, -0.05) is 6.07 Å². The summed E-state index contributed by atoms with van der Waals surface area (Å²) in [5, 5.41) is 13.0. The van der Waals surface area contributed by atoms with E-state index >= 15 is 0 Å². The van der Waals surface area contributed by atoms with E-state index in [1.165, 1.54) is 7.11 Å². The third-order valence-electron chi connectivity index (χ3n) is 3.43. The average molecular weight is 308 g/mol. The minimum absolute atomic E-state index is 0.0178. The van der Waals surface area contributed by atoms with Crippen LogP contribution < -0.4 is 10.1 Å². The van der Waals surface area contributed by atoms with E-state index < -0.39 is 5.60 Å². The molecule has 1 aromatic carbocycles.